The van der Waals surface area contributed by atoms with Crippen molar-refractivity contribution >= 4 is 29.1 Å². The maximum atomic E-state index is 14.4. The van der Waals surface area contributed by atoms with Crippen LogP contribution in [0.5, 0.6) is 0 Å². The standard InChI is InChI=1S/C25H28ClFN2O4/c1-13-6-15(23-18(27)10-17(26)11-28-23)7-14(2)21(13)22-19(30)8-16(24(22)32)9-20(31)29-25(3,4)12-33-5/h6-7,10-11,16,22H,8-9,12H2,1-5H3,(H,29,31). The van der Waals surface area contributed by atoms with Crippen LogP contribution in [0.4, 0.5) is 4.39 Å². The SMILES string of the molecule is COCC(C)(C)NC(=O)CC1CC(=O)C(c2c(C)cc(-c3ncc(Cl)cc3F)cc2C)C1=O. The number of hydrogen-bond acceptors (Lipinski definition) is 5. The number of halogens is 2. The van der Waals surface area contributed by atoms with Crippen LogP contribution in [0, 0.1) is 25.6 Å². The number of pyridine rings is 1. The number of amides is 1. The first-order chi connectivity index (χ1) is 15.4. The first-order valence-electron chi connectivity index (χ1n) is 10.7. The number of methoxy groups -OCH3 is 1. The topological polar surface area (TPSA) is 85.4 Å². The van der Waals surface area contributed by atoms with Crippen LogP contribution >= 0.6 is 11.6 Å². The van der Waals surface area contributed by atoms with Gasteiger partial charge in [0.2, 0.25) is 5.91 Å². The third-order valence-corrected chi connectivity index (χ3v) is 6.04. The van der Waals surface area contributed by atoms with E-state index in [9.17, 15) is 18.8 Å². The lowest BCUT2D eigenvalue weighted by Crippen LogP contribution is -2.47. The maximum Gasteiger partial charge on any atom is 0.221 e. The Kier molecular flexibility index (Phi) is 7.34. The molecule has 1 N–H and O–H groups in total. The Morgan fingerprint density at radius 1 is 1.24 bits per heavy atom. The second-order valence-electron chi connectivity index (χ2n) is 9.28. The van der Waals surface area contributed by atoms with Crippen molar-refractivity contribution < 1.29 is 23.5 Å². The van der Waals surface area contributed by atoms with Gasteiger partial charge in [0.25, 0.3) is 0 Å². The summed E-state index contributed by atoms with van der Waals surface area (Å²) < 4.78 is 19.5. The van der Waals surface area contributed by atoms with Gasteiger partial charge in [0.05, 0.1) is 17.2 Å². The first-order valence-corrected chi connectivity index (χ1v) is 11.1. The van der Waals surface area contributed by atoms with Crippen LogP contribution in [0.1, 0.15) is 49.3 Å². The van der Waals surface area contributed by atoms with Crippen molar-refractivity contribution in [2.75, 3.05) is 13.7 Å². The number of nitrogens with zero attached hydrogens (tertiary/aromatic N) is 1. The number of aryl methyl sites for hydroxylation is 2. The summed E-state index contributed by atoms with van der Waals surface area (Å²) in [6.07, 6.45) is 1.34. The molecule has 0 bridgehead atoms. The van der Waals surface area contributed by atoms with Gasteiger partial charge in [-0.3, -0.25) is 19.4 Å². The van der Waals surface area contributed by atoms with E-state index in [4.69, 9.17) is 16.3 Å². The summed E-state index contributed by atoms with van der Waals surface area (Å²) in [7, 11) is 1.55. The summed E-state index contributed by atoms with van der Waals surface area (Å²) in [6, 6.07) is 4.63. The molecular weight excluding hydrogens is 447 g/mol. The zero-order valence-corrected chi connectivity index (χ0v) is 20.2. The number of hydrogen-bond donors (Lipinski definition) is 1. The highest BCUT2D eigenvalue weighted by molar-refractivity contribution is 6.30. The van der Waals surface area contributed by atoms with Crippen LogP contribution in [0.15, 0.2) is 24.4 Å². The Bertz CT molecular complexity index is 1090. The molecule has 2 atom stereocenters. The molecule has 1 fully saturated rings. The van der Waals surface area contributed by atoms with Crippen molar-refractivity contribution in [2.24, 2.45) is 5.92 Å². The van der Waals surface area contributed by atoms with Crippen molar-refractivity contribution in [2.45, 2.75) is 52.0 Å². The highest BCUT2D eigenvalue weighted by Gasteiger charge is 2.44. The Labute approximate surface area is 197 Å². The minimum atomic E-state index is -0.924. The van der Waals surface area contributed by atoms with Crippen LogP contribution in [0.2, 0.25) is 5.02 Å². The van der Waals surface area contributed by atoms with Gasteiger partial charge in [0, 0.05) is 37.6 Å². The fraction of sp³-hybridized carbons (Fsp3) is 0.440. The lowest BCUT2D eigenvalue weighted by molar-refractivity contribution is -0.129. The summed E-state index contributed by atoms with van der Waals surface area (Å²) in [6.45, 7) is 7.55. The van der Waals surface area contributed by atoms with Gasteiger partial charge < -0.3 is 10.1 Å². The van der Waals surface area contributed by atoms with Crippen molar-refractivity contribution in [3.05, 3.63) is 51.9 Å². The van der Waals surface area contributed by atoms with Gasteiger partial charge in [-0.05, 0) is 62.6 Å². The molecule has 0 spiro atoms. The first kappa shape index (κ1) is 25.0. The Morgan fingerprint density at radius 3 is 2.45 bits per heavy atom. The van der Waals surface area contributed by atoms with Gasteiger partial charge in [0.15, 0.2) is 11.6 Å². The predicted molar refractivity (Wildman–Crippen MR) is 124 cm³/mol. The Balaban J connectivity index is 1.84. The quantitative estimate of drug-likeness (QED) is 0.603. The van der Waals surface area contributed by atoms with E-state index in [-0.39, 0.29) is 41.0 Å². The Morgan fingerprint density at radius 2 is 1.88 bits per heavy atom. The van der Waals surface area contributed by atoms with E-state index >= 15 is 0 Å². The minimum Gasteiger partial charge on any atom is -0.382 e. The van der Waals surface area contributed by atoms with E-state index in [1.807, 2.05) is 13.8 Å². The summed E-state index contributed by atoms with van der Waals surface area (Å²) >= 11 is 5.80. The molecule has 33 heavy (non-hydrogen) atoms. The maximum absolute atomic E-state index is 14.4. The largest absolute Gasteiger partial charge is 0.382 e. The number of aromatic nitrogens is 1. The molecule has 2 unspecified atom stereocenters. The zero-order chi connectivity index (χ0) is 24.5. The van der Waals surface area contributed by atoms with Gasteiger partial charge in [-0.1, -0.05) is 11.6 Å². The second kappa shape index (κ2) is 9.69. The van der Waals surface area contributed by atoms with Crippen molar-refractivity contribution in [3.8, 4) is 11.3 Å². The third kappa shape index (κ3) is 5.47. The average molecular weight is 475 g/mol. The summed E-state index contributed by atoms with van der Waals surface area (Å²) in [5.74, 6) is -2.90. The molecule has 1 aliphatic carbocycles. The van der Waals surface area contributed by atoms with Crippen LogP contribution in [-0.4, -0.2) is 41.7 Å². The number of carbonyl (C=O) groups is 3. The molecule has 0 aliphatic heterocycles. The fourth-order valence-corrected chi connectivity index (χ4v) is 4.72. The van der Waals surface area contributed by atoms with Crippen LogP contribution in [0.25, 0.3) is 11.3 Å². The minimum absolute atomic E-state index is 0.0234. The number of carbonyl (C=O) groups excluding carboxylic acids is 3. The molecule has 8 heteroatoms. The van der Waals surface area contributed by atoms with E-state index < -0.39 is 23.2 Å². The molecule has 1 saturated carbocycles. The molecule has 3 rings (SSSR count). The van der Waals surface area contributed by atoms with Gasteiger partial charge >= 0.3 is 0 Å². The van der Waals surface area contributed by atoms with Crippen molar-refractivity contribution in [1.29, 1.82) is 0 Å². The predicted octanol–water partition coefficient (Wildman–Crippen LogP) is 4.33. The van der Waals surface area contributed by atoms with Gasteiger partial charge in [0.1, 0.15) is 17.4 Å². The average Bonchev–Trinajstić information content (AvgIpc) is 2.94. The lowest BCUT2D eigenvalue weighted by Gasteiger charge is -2.25. The van der Waals surface area contributed by atoms with E-state index in [0.717, 1.165) is 0 Å². The number of ether oxygens (including phenoxy) is 1. The van der Waals surface area contributed by atoms with Gasteiger partial charge in [-0.2, -0.15) is 0 Å². The molecule has 1 amide bonds. The van der Waals surface area contributed by atoms with Crippen LogP contribution < -0.4 is 5.32 Å². The summed E-state index contributed by atoms with van der Waals surface area (Å²) in [5, 5.41) is 3.05. The van der Waals surface area contributed by atoms with E-state index in [1.54, 1.807) is 33.1 Å². The molecule has 6 nitrogen and oxygen atoms in total. The number of Topliss-reactive ketones (excluding diaryl/α,β-unsaturated/α-hetero) is 2. The highest BCUT2D eigenvalue weighted by atomic mass is 35.5. The number of ketones is 2. The van der Waals surface area contributed by atoms with Gasteiger partial charge in [-0.15, -0.1) is 0 Å². The molecule has 1 aromatic carbocycles. The normalized spacial score (nSPS) is 18.6. The molecule has 1 aromatic heterocycles. The second-order valence-corrected chi connectivity index (χ2v) is 9.72. The van der Waals surface area contributed by atoms with Crippen molar-refractivity contribution in [1.82, 2.24) is 10.3 Å². The molecule has 1 aliphatic rings. The van der Waals surface area contributed by atoms with Gasteiger partial charge in [-0.25, -0.2) is 4.39 Å². The molecular formula is C25H28ClFN2O4. The zero-order valence-electron chi connectivity index (χ0n) is 19.4. The summed E-state index contributed by atoms with van der Waals surface area (Å²) in [5.41, 5.74) is 2.11. The highest BCUT2D eigenvalue weighted by Crippen LogP contribution is 2.39. The lowest BCUT2D eigenvalue weighted by atomic mass is 9.85. The molecule has 1 heterocycles. The monoisotopic (exact) mass is 474 g/mol. The number of benzene rings is 1. The fourth-order valence-electron chi connectivity index (χ4n) is 4.57. The molecule has 0 saturated heterocycles. The number of rotatable bonds is 7. The van der Waals surface area contributed by atoms with Crippen LogP contribution in [-0.2, 0) is 19.1 Å². The molecule has 0 radical (unpaired) electrons. The smallest absolute Gasteiger partial charge is 0.221 e. The van der Waals surface area contributed by atoms with Crippen LogP contribution in [0.3, 0.4) is 0 Å². The van der Waals surface area contributed by atoms with Crippen molar-refractivity contribution in [3.63, 3.8) is 0 Å². The van der Waals surface area contributed by atoms with E-state index in [1.165, 1.54) is 12.3 Å². The third-order valence-electron chi connectivity index (χ3n) is 5.83. The summed E-state index contributed by atoms with van der Waals surface area (Å²) in [4.78, 5) is 42.6. The number of nitrogens with one attached hydrogen (secondary N) is 1. The molecule has 176 valence electrons. The Hall–Kier alpha value is -2.64. The molecule has 2 aromatic rings. The van der Waals surface area contributed by atoms with E-state index in [0.29, 0.717) is 28.9 Å². The van der Waals surface area contributed by atoms with E-state index in [2.05, 4.69) is 10.3 Å².